The molecule has 1 aromatic rings. The number of ether oxygens (including phenoxy) is 1. The summed E-state index contributed by atoms with van der Waals surface area (Å²) in [6.07, 6.45) is 1.06. The number of carbonyl (C=O) groups is 3. The monoisotopic (exact) mass is 396 g/mol. The molecule has 1 aromatic carbocycles. The summed E-state index contributed by atoms with van der Waals surface area (Å²) in [5, 5.41) is 0.951. The van der Waals surface area contributed by atoms with E-state index in [0.717, 1.165) is 29.0 Å². The summed E-state index contributed by atoms with van der Waals surface area (Å²) in [6, 6.07) is 5.73. The van der Waals surface area contributed by atoms with E-state index in [-0.39, 0.29) is 35.5 Å². The first-order valence-electron chi connectivity index (χ1n) is 10.3. The number of nitrogens with zero attached hydrogens (tertiary/aromatic N) is 1. The highest BCUT2D eigenvalue weighted by molar-refractivity contribution is 6.07. The third-order valence-corrected chi connectivity index (χ3v) is 6.53. The summed E-state index contributed by atoms with van der Waals surface area (Å²) in [5.41, 5.74) is 7.11. The van der Waals surface area contributed by atoms with Crippen LogP contribution in [-0.4, -0.2) is 28.8 Å². The van der Waals surface area contributed by atoms with Crippen molar-refractivity contribution in [2.24, 2.45) is 23.7 Å². The summed E-state index contributed by atoms with van der Waals surface area (Å²) in [6.45, 7) is 9.65. The van der Waals surface area contributed by atoms with Gasteiger partial charge in [0.25, 0.3) is 17.7 Å². The van der Waals surface area contributed by atoms with Crippen molar-refractivity contribution < 1.29 is 19.1 Å². The number of hydrogen-bond donors (Lipinski definition) is 1. The van der Waals surface area contributed by atoms with E-state index in [2.05, 4.69) is 19.3 Å². The van der Waals surface area contributed by atoms with Crippen LogP contribution in [0.4, 0.5) is 0 Å². The van der Waals surface area contributed by atoms with Crippen molar-refractivity contribution >= 4 is 17.7 Å². The minimum Gasteiger partial charge on any atom is -0.481 e. The molecule has 0 aromatic heterocycles. The van der Waals surface area contributed by atoms with Crippen molar-refractivity contribution in [3.63, 3.8) is 0 Å². The van der Waals surface area contributed by atoms with Crippen molar-refractivity contribution in [3.05, 3.63) is 40.5 Å². The quantitative estimate of drug-likeness (QED) is 0.627. The number of amides is 3. The summed E-state index contributed by atoms with van der Waals surface area (Å²) >= 11 is 0. The molecule has 2 aliphatic carbocycles. The van der Waals surface area contributed by atoms with Crippen LogP contribution in [0.15, 0.2) is 29.3 Å². The number of fused-ring (bicyclic) bond motifs is 5. The number of allylic oxidation sites excluding steroid dienone is 2. The summed E-state index contributed by atoms with van der Waals surface area (Å²) in [5.74, 6) is -0.859. The van der Waals surface area contributed by atoms with Gasteiger partial charge in [-0.25, -0.2) is 0 Å². The molecule has 3 amide bonds. The van der Waals surface area contributed by atoms with E-state index in [0.29, 0.717) is 5.75 Å². The second kappa shape index (κ2) is 7.01. The Hall–Kier alpha value is -2.63. The van der Waals surface area contributed by atoms with E-state index < -0.39 is 12.0 Å². The molecule has 1 heterocycles. The second-order valence-electron chi connectivity index (χ2n) is 8.87. The Morgan fingerprint density at radius 3 is 2.03 bits per heavy atom. The topological polar surface area (TPSA) is 75.7 Å². The fourth-order valence-electron chi connectivity index (χ4n) is 5.56. The molecule has 0 spiro atoms. The SMILES string of the molecule is CC(C)=C1[C@H]2CC[C@H]1[C@H]1C(=O)N(NC(=O)[C@H](C)Oc3cc(C)cc(C)c3)C(=O)[C@H]12. The molecule has 0 radical (unpaired) electrons. The minimum absolute atomic E-state index is 0.136. The molecule has 2 saturated carbocycles. The molecular formula is C23H28N2O4. The van der Waals surface area contributed by atoms with Crippen LogP contribution in [0, 0.1) is 37.5 Å². The lowest BCUT2D eigenvalue weighted by molar-refractivity contribution is -0.151. The summed E-state index contributed by atoms with van der Waals surface area (Å²) < 4.78 is 5.75. The Morgan fingerprint density at radius 1 is 1.03 bits per heavy atom. The van der Waals surface area contributed by atoms with Crippen LogP contribution in [0.3, 0.4) is 0 Å². The normalized spacial score (nSPS) is 28.6. The number of rotatable bonds is 4. The molecular weight excluding hydrogens is 368 g/mol. The molecule has 2 bridgehead atoms. The lowest BCUT2D eigenvalue weighted by atomic mass is 9.81. The van der Waals surface area contributed by atoms with Gasteiger partial charge >= 0.3 is 0 Å². The smallest absolute Gasteiger partial charge is 0.279 e. The van der Waals surface area contributed by atoms with Crippen LogP contribution in [0.5, 0.6) is 5.75 Å². The van der Waals surface area contributed by atoms with Gasteiger partial charge in [-0.2, -0.15) is 5.01 Å². The Morgan fingerprint density at radius 2 is 1.55 bits per heavy atom. The van der Waals surface area contributed by atoms with Gasteiger partial charge in [-0.3, -0.25) is 19.8 Å². The van der Waals surface area contributed by atoms with Crippen molar-refractivity contribution in [2.45, 2.75) is 53.6 Å². The summed E-state index contributed by atoms with van der Waals surface area (Å²) in [7, 11) is 0. The highest BCUT2D eigenvalue weighted by Crippen LogP contribution is 2.59. The van der Waals surface area contributed by atoms with Gasteiger partial charge in [0.1, 0.15) is 5.75 Å². The zero-order valence-corrected chi connectivity index (χ0v) is 17.6. The Kier molecular flexibility index (Phi) is 4.75. The number of hydrazine groups is 1. The molecule has 3 aliphatic rings. The van der Waals surface area contributed by atoms with E-state index >= 15 is 0 Å². The first-order chi connectivity index (χ1) is 13.7. The number of nitrogens with one attached hydrogen (secondary N) is 1. The van der Waals surface area contributed by atoms with Crippen molar-refractivity contribution in [1.29, 1.82) is 0 Å². The Labute approximate surface area is 171 Å². The third-order valence-electron chi connectivity index (χ3n) is 6.53. The zero-order chi connectivity index (χ0) is 21.0. The van der Waals surface area contributed by atoms with Crippen molar-refractivity contribution in [3.8, 4) is 5.75 Å². The van der Waals surface area contributed by atoms with E-state index in [1.54, 1.807) is 6.92 Å². The van der Waals surface area contributed by atoms with Gasteiger partial charge in [-0.1, -0.05) is 17.2 Å². The van der Waals surface area contributed by atoms with Gasteiger partial charge in [-0.15, -0.1) is 0 Å². The van der Waals surface area contributed by atoms with E-state index in [1.807, 2.05) is 32.0 Å². The lowest BCUT2D eigenvalue weighted by Gasteiger charge is -2.22. The first-order valence-corrected chi connectivity index (χ1v) is 10.3. The standard InChI is InChI=1S/C23H28N2O4/c1-11(2)18-16-6-7-17(18)20-19(16)22(27)25(23(20)28)24-21(26)14(5)29-15-9-12(3)8-13(4)10-15/h8-10,14,16-17,19-20H,6-7H2,1-5H3,(H,24,26)/t14-,16+,17+,19-,20+/m0/s1. The molecule has 0 unspecified atom stereocenters. The lowest BCUT2D eigenvalue weighted by Crippen LogP contribution is -2.51. The van der Waals surface area contributed by atoms with Crippen LogP contribution >= 0.6 is 0 Å². The molecule has 5 atom stereocenters. The molecule has 1 N–H and O–H groups in total. The number of carbonyl (C=O) groups excluding carboxylic acids is 3. The predicted molar refractivity (Wildman–Crippen MR) is 108 cm³/mol. The fraction of sp³-hybridized carbons (Fsp3) is 0.522. The average molecular weight is 396 g/mol. The number of hydrogen-bond acceptors (Lipinski definition) is 4. The van der Waals surface area contributed by atoms with Crippen LogP contribution in [0.1, 0.15) is 44.7 Å². The van der Waals surface area contributed by atoms with Gasteiger partial charge < -0.3 is 4.74 Å². The van der Waals surface area contributed by atoms with Crippen LogP contribution in [0.2, 0.25) is 0 Å². The van der Waals surface area contributed by atoms with Crippen molar-refractivity contribution in [1.82, 2.24) is 10.4 Å². The van der Waals surface area contributed by atoms with Crippen molar-refractivity contribution in [2.75, 3.05) is 0 Å². The minimum atomic E-state index is -0.831. The fourth-order valence-corrected chi connectivity index (χ4v) is 5.56. The van der Waals surface area contributed by atoms with Crippen LogP contribution in [0.25, 0.3) is 0 Å². The highest BCUT2D eigenvalue weighted by atomic mass is 16.5. The predicted octanol–water partition coefficient (Wildman–Crippen LogP) is 3.08. The maximum Gasteiger partial charge on any atom is 0.279 e. The van der Waals surface area contributed by atoms with E-state index in [1.165, 1.54) is 11.1 Å². The molecule has 1 aliphatic heterocycles. The Bertz CT molecular complexity index is 879. The van der Waals surface area contributed by atoms with Gasteiger partial charge in [-0.05, 0) is 82.6 Å². The van der Waals surface area contributed by atoms with E-state index in [4.69, 9.17) is 4.74 Å². The molecule has 3 fully saturated rings. The number of imide groups is 1. The van der Waals surface area contributed by atoms with Crippen LogP contribution < -0.4 is 10.2 Å². The molecule has 6 heteroatoms. The van der Waals surface area contributed by atoms with E-state index in [9.17, 15) is 14.4 Å². The van der Waals surface area contributed by atoms with Gasteiger partial charge in [0, 0.05) is 0 Å². The molecule has 154 valence electrons. The number of benzene rings is 1. The average Bonchev–Trinajstić information content (AvgIpc) is 3.26. The highest BCUT2D eigenvalue weighted by Gasteiger charge is 2.63. The Balaban J connectivity index is 1.47. The van der Waals surface area contributed by atoms with Gasteiger partial charge in [0.15, 0.2) is 6.10 Å². The third kappa shape index (κ3) is 3.15. The summed E-state index contributed by atoms with van der Waals surface area (Å²) in [4.78, 5) is 38.6. The largest absolute Gasteiger partial charge is 0.481 e. The van der Waals surface area contributed by atoms with Crippen LogP contribution in [-0.2, 0) is 14.4 Å². The number of aryl methyl sites for hydroxylation is 2. The first kappa shape index (κ1) is 19.7. The zero-order valence-electron chi connectivity index (χ0n) is 17.6. The molecule has 29 heavy (non-hydrogen) atoms. The second-order valence-corrected chi connectivity index (χ2v) is 8.87. The molecule has 6 nitrogen and oxygen atoms in total. The van der Waals surface area contributed by atoms with Gasteiger partial charge in [0.05, 0.1) is 11.8 Å². The maximum atomic E-state index is 13.0. The molecule has 1 saturated heterocycles. The van der Waals surface area contributed by atoms with Gasteiger partial charge in [0.2, 0.25) is 0 Å². The molecule has 4 rings (SSSR count). The maximum absolute atomic E-state index is 13.0.